The number of nitrogens with one attached hydrogen (secondary N) is 2. The molecule has 0 atom stereocenters. The third-order valence-electron chi connectivity index (χ3n) is 7.05. The van der Waals surface area contributed by atoms with Crippen LogP contribution in [0.5, 0.6) is 0 Å². The largest absolute Gasteiger partial charge is 0.351 e. The highest BCUT2D eigenvalue weighted by Crippen LogP contribution is 2.35. The maximum absolute atomic E-state index is 13.2. The van der Waals surface area contributed by atoms with Crippen molar-refractivity contribution < 1.29 is 9.59 Å². The number of anilines is 1. The van der Waals surface area contributed by atoms with E-state index in [1.54, 1.807) is 29.9 Å². The minimum atomic E-state index is -0.286. The van der Waals surface area contributed by atoms with Crippen LogP contribution in [0, 0.1) is 12.3 Å². The summed E-state index contributed by atoms with van der Waals surface area (Å²) in [4.78, 5) is 34.4. The maximum Gasteiger partial charge on any atom is 0.260 e. The number of fused-ring (bicyclic) bond motifs is 2. The van der Waals surface area contributed by atoms with E-state index in [9.17, 15) is 9.59 Å². The Hall–Kier alpha value is -3.57. The molecule has 192 valence electrons. The van der Waals surface area contributed by atoms with Crippen molar-refractivity contribution in [1.29, 1.82) is 0 Å². The zero-order chi connectivity index (χ0) is 25.7. The van der Waals surface area contributed by atoms with E-state index < -0.39 is 0 Å². The van der Waals surface area contributed by atoms with Gasteiger partial charge in [0.05, 0.1) is 39.8 Å². The molecule has 10 nitrogen and oxygen atoms in total. The first-order valence-corrected chi connectivity index (χ1v) is 13.4. The van der Waals surface area contributed by atoms with Gasteiger partial charge in [0.15, 0.2) is 0 Å². The molecule has 11 heteroatoms. The summed E-state index contributed by atoms with van der Waals surface area (Å²) in [5, 5.41) is 14.8. The number of carbonyl (C=O) groups is 2. The standard InChI is InChI=1S/C26H30N8O2S/c1-16-20(9-17(10-28-16)23(35)27-6-8-32-14-26(2,3)15-32)31-24(36)19-12-30-34-13-22(37-25(19)34)18-11-29-33-7-4-5-21(18)33/h9-13H,4-8,14-15H2,1-3H3,(H,27,35)(H,31,36). The molecule has 6 rings (SSSR count). The van der Waals surface area contributed by atoms with Gasteiger partial charge in [-0.15, -0.1) is 11.3 Å². The van der Waals surface area contributed by atoms with Crippen LogP contribution < -0.4 is 10.6 Å². The van der Waals surface area contributed by atoms with Gasteiger partial charge in [0.1, 0.15) is 4.83 Å². The van der Waals surface area contributed by atoms with Crippen LogP contribution in [-0.2, 0) is 13.0 Å². The minimum absolute atomic E-state index is 0.202. The van der Waals surface area contributed by atoms with Crippen molar-refractivity contribution in [2.75, 3.05) is 31.5 Å². The summed E-state index contributed by atoms with van der Waals surface area (Å²) < 4.78 is 3.79. The lowest BCUT2D eigenvalue weighted by atomic mass is 9.84. The fourth-order valence-electron chi connectivity index (χ4n) is 5.26. The fraction of sp³-hybridized carbons (Fsp3) is 0.423. The molecule has 0 aliphatic carbocycles. The molecule has 4 aromatic heterocycles. The summed E-state index contributed by atoms with van der Waals surface area (Å²) in [6.07, 6.45) is 9.08. The minimum Gasteiger partial charge on any atom is -0.351 e. The van der Waals surface area contributed by atoms with E-state index in [2.05, 4.69) is 49.2 Å². The Balaban J connectivity index is 1.14. The number of nitrogens with zero attached hydrogens (tertiary/aromatic N) is 6. The molecule has 2 aliphatic rings. The number of hydrogen-bond acceptors (Lipinski definition) is 7. The molecule has 2 aliphatic heterocycles. The lowest BCUT2D eigenvalue weighted by Gasteiger charge is -2.45. The molecule has 0 spiro atoms. The van der Waals surface area contributed by atoms with Crippen LogP contribution in [0.3, 0.4) is 0 Å². The van der Waals surface area contributed by atoms with Gasteiger partial charge in [0.25, 0.3) is 11.8 Å². The van der Waals surface area contributed by atoms with Gasteiger partial charge in [-0.3, -0.25) is 19.3 Å². The van der Waals surface area contributed by atoms with Crippen molar-refractivity contribution >= 4 is 33.7 Å². The quantitative estimate of drug-likeness (QED) is 0.389. The molecule has 0 saturated carbocycles. The second-order valence-corrected chi connectivity index (χ2v) is 11.7. The Morgan fingerprint density at radius 1 is 1.14 bits per heavy atom. The number of aromatic nitrogens is 5. The first-order valence-electron chi connectivity index (χ1n) is 12.6. The Morgan fingerprint density at radius 2 is 1.97 bits per heavy atom. The van der Waals surface area contributed by atoms with Gasteiger partial charge in [0, 0.05) is 56.4 Å². The number of likely N-dealkylation sites (tertiary alicyclic amines) is 1. The summed E-state index contributed by atoms with van der Waals surface area (Å²) in [6.45, 7) is 10.7. The Kier molecular flexibility index (Phi) is 5.84. The molecule has 0 bridgehead atoms. The van der Waals surface area contributed by atoms with Gasteiger partial charge in [-0.2, -0.15) is 10.2 Å². The number of carbonyl (C=O) groups excluding carboxylic acids is 2. The molecule has 1 fully saturated rings. The van der Waals surface area contributed by atoms with Crippen LogP contribution in [0.15, 0.2) is 30.9 Å². The molecule has 0 unspecified atom stereocenters. The molecule has 0 radical (unpaired) electrons. The van der Waals surface area contributed by atoms with Crippen molar-refractivity contribution in [2.24, 2.45) is 5.41 Å². The third-order valence-corrected chi connectivity index (χ3v) is 8.20. The summed E-state index contributed by atoms with van der Waals surface area (Å²) in [5.74, 6) is -0.487. The molecular formula is C26H30N8O2S. The predicted molar refractivity (Wildman–Crippen MR) is 142 cm³/mol. The van der Waals surface area contributed by atoms with E-state index in [0.717, 1.165) is 54.3 Å². The van der Waals surface area contributed by atoms with Crippen LogP contribution in [-0.4, -0.2) is 67.3 Å². The van der Waals surface area contributed by atoms with Crippen LogP contribution in [0.1, 0.15) is 52.4 Å². The molecule has 2 N–H and O–H groups in total. The predicted octanol–water partition coefficient (Wildman–Crippen LogP) is 3.23. The molecule has 2 amide bonds. The molecule has 6 heterocycles. The zero-order valence-electron chi connectivity index (χ0n) is 21.2. The van der Waals surface area contributed by atoms with Gasteiger partial charge in [-0.25, -0.2) is 4.52 Å². The van der Waals surface area contributed by atoms with E-state index in [4.69, 9.17) is 0 Å². The number of pyridine rings is 1. The van der Waals surface area contributed by atoms with Crippen LogP contribution in [0.2, 0.25) is 0 Å². The smallest absolute Gasteiger partial charge is 0.260 e. The second-order valence-electron chi connectivity index (χ2n) is 10.7. The Morgan fingerprint density at radius 3 is 2.78 bits per heavy atom. The van der Waals surface area contributed by atoms with Gasteiger partial charge >= 0.3 is 0 Å². The zero-order valence-corrected chi connectivity index (χ0v) is 22.1. The van der Waals surface area contributed by atoms with E-state index in [1.807, 2.05) is 12.4 Å². The van der Waals surface area contributed by atoms with Gasteiger partial charge < -0.3 is 15.5 Å². The SMILES string of the molecule is Cc1ncc(C(=O)NCCN2CC(C)(C)C2)cc1NC(=O)c1cnn2cc(-c3cnn4c3CCC4)sc12. The van der Waals surface area contributed by atoms with Crippen molar-refractivity contribution in [3.63, 3.8) is 0 Å². The molecule has 37 heavy (non-hydrogen) atoms. The highest BCUT2D eigenvalue weighted by Gasteiger charge is 2.33. The third kappa shape index (κ3) is 4.53. The normalized spacial score (nSPS) is 16.5. The number of aryl methyl sites for hydroxylation is 2. The molecule has 1 saturated heterocycles. The average Bonchev–Trinajstić information content (AvgIpc) is 3.60. The van der Waals surface area contributed by atoms with E-state index in [1.165, 1.54) is 17.0 Å². The number of hydrogen-bond donors (Lipinski definition) is 2. The van der Waals surface area contributed by atoms with E-state index >= 15 is 0 Å². The van der Waals surface area contributed by atoms with Crippen LogP contribution in [0.4, 0.5) is 5.69 Å². The topological polar surface area (TPSA) is 109 Å². The van der Waals surface area contributed by atoms with Crippen molar-refractivity contribution in [3.8, 4) is 10.4 Å². The van der Waals surface area contributed by atoms with Crippen molar-refractivity contribution in [2.45, 2.75) is 40.2 Å². The Labute approximate surface area is 218 Å². The first-order chi connectivity index (χ1) is 17.8. The van der Waals surface area contributed by atoms with E-state index in [-0.39, 0.29) is 11.8 Å². The number of thiazole rings is 1. The molecule has 0 aromatic carbocycles. The highest BCUT2D eigenvalue weighted by atomic mass is 32.1. The van der Waals surface area contributed by atoms with E-state index in [0.29, 0.717) is 34.5 Å². The summed E-state index contributed by atoms with van der Waals surface area (Å²) in [5.41, 5.74) is 4.75. The highest BCUT2D eigenvalue weighted by molar-refractivity contribution is 7.21. The number of amides is 2. The van der Waals surface area contributed by atoms with Crippen molar-refractivity contribution in [3.05, 3.63) is 53.4 Å². The van der Waals surface area contributed by atoms with Gasteiger partial charge in [0.2, 0.25) is 0 Å². The summed E-state index contributed by atoms with van der Waals surface area (Å²) in [6, 6.07) is 1.68. The van der Waals surface area contributed by atoms with Crippen molar-refractivity contribution in [1.82, 2.24) is 34.6 Å². The summed E-state index contributed by atoms with van der Waals surface area (Å²) >= 11 is 1.53. The monoisotopic (exact) mass is 518 g/mol. The summed E-state index contributed by atoms with van der Waals surface area (Å²) in [7, 11) is 0. The molecule has 4 aromatic rings. The Bertz CT molecular complexity index is 1510. The van der Waals surface area contributed by atoms with Crippen LogP contribution >= 0.6 is 11.3 Å². The first kappa shape index (κ1) is 23.8. The second kappa shape index (κ2) is 9.07. The maximum atomic E-state index is 13.2. The van der Waals surface area contributed by atoms with Crippen LogP contribution in [0.25, 0.3) is 15.3 Å². The lowest BCUT2D eigenvalue weighted by Crippen LogP contribution is -2.54. The van der Waals surface area contributed by atoms with Gasteiger partial charge in [-0.05, 0) is 31.2 Å². The lowest BCUT2D eigenvalue weighted by molar-refractivity contribution is 0.0323. The number of rotatable bonds is 7. The average molecular weight is 519 g/mol. The van der Waals surface area contributed by atoms with Gasteiger partial charge in [-0.1, -0.05) is 13.8 Å². The molecular weight excluding hydrogens is 488 g/mol. The fourth-order valence-corrected chi connectivity index (χ4v) is 6.35.